The minimum Gasteiger partial charge on any atom is -0.480 e. The van der Waals surface area contributed by atoms with Crippen molar-refractivity contribution in [2.75, 3.05) is 6.61 Å². The van der Waals surface area contributed by atoms with Gasteiger partial charge in [-0.2, -0.15) is 0 Å². The van der Waals surface area contributed by atoms with Crippen LogP contribution >= 0.6 is 0 Å². The van der Waals surface area contributed by atoms with Crippen molar-refractivity contribution in [2.45, 2.75) is 62.8 Å². The molecule has 0 spiro atoms. The van der Waals surface area contributed by atoms with Gasteiger partial charge in [-0.25, -0.2) is 9.59 Å². The van der Waals surface area contributed by atoms with E-state index in [1.54, 1.807) is 0 Å². The number of aliphatic carboxylic acids is 1. The number of carboxylic acid groups (broad SMARTS) is 1. The van der Waals surface area contributed by atoms with Crippen molar-refractivity contribution in [3.63, 3.8) is 0 Å². The number of carbonyl (C=O) groups is 2. The van der Waals surface area contributed by atoms with Crippen molar-refractivity contribution in [3.05, 3.63) is 59.7 Å². The molecule has 1 amide bonds. The molecule has 2 aromatic rings. The summed E-state index contributed by atoms with van der Waals surface area (Å²) in [5, 5.41) is 9.93. The summed E-state index contributed by atoms with van der Waals surface area (Å²) < 4.78 is 11.6. The van der Waals surface area contributed by atoms with Crippen LogP contribution in [0.1, 0.15) is 49.7 Å². The summed E-state index contributed by atoms with van der Waals surface area (Å²) in [4.78, 5) is 26.7. The fourth-order valence-electron chi connectivity index (χ4n) is 5.03. The first kappa shape index (κ1) is 20.1. The Labute approximate surface area is 181 Å². The van der Waals surface area contributed by atoms with Gasteiger partial charge in [0.05, 0.1) is 12.2 Å². The lowest BCUT2D eigenvalue weighted by Crippen LogP contribution is -2.53. The van der Waals surface area contributed by atoms with E-state index < -0.39 is 24.2 Å². The van der Waals surface area contributed by atoms with Crippen LogP contribution in [0.3, 0.4) is 0 Å². The van der Waals surface area contributed by atoms with E-state index in [2.05, 4.69) is 24.3 Å². The monoisotopic (exact) mass is 421 g/mol. The molecule has 1 saturated carbocycles. The van der Waals surface area contributed by atoms with Crippen molar-refractivity contribution < 1.29 is 24.2 Å². The lowest BCUT2D eigenvalue weighted by molar-refractivity contribution is -0.148. The Balaban J connectivity index is 1.36. The quantitative estimate of drug-likeness (QED) is 0.747. The standard InChI is InChI=1S/C25H27NO5/c1-15-10-13-22(31-15)23(24(27)28)26(16-11-12-16)25(29)30-14-21-19-8-4-2-6-17(19)18-7-3-5-9-20(18)21/h2-9,15-16,21-23H,10-14H2,1H3,(H,27,28). The predicted octanol–water partition coefficient (Wildman–Crippen LogP) is 4.42. The second-order valence-electron chi connectivity index (χ2n) is 8.79. The third-order valence-electron chi connectivity index (χ3n) is 6.66. The smallest absolute Gasteiger partial charge is 0.410 e. The number of benzene rings is 2. The number of rotatable bonds is 6. The van der Waals surface area contributed by atoms with E-state index in [4.69, 9.17) is 9.47 Å². The van der Waals surface area contributed by atoms with Gasteiger partial charge in [0.25, 0.3) is 0 Å². The first-order valence-electron chi connectivity index (χ1n) is 11.1. The minimum atomic E-state index is -1.03. The Morgan fingerprint density at radius 2 is 1.65 bits per heavy atom. The Morgan fingerprint density at radius 3 is 2.16 bits per heavy atom. The Kier molecular flexibility index (Phi) is 5.18. The molecule has 2 aromatic carbocycles. The average Bonchev–Trinajstić information content (AvgIpc) is 3.43. The highest BCUT2D eigenvalue weighted by molar-refractivity contribution is 5.82. The molecule has 3 aliphatic rings. The maximum Gasteiger partial charge on any atom is 0.410 e. The molecule has 2 aliphatic carbocycles. The summed E-state index contributed by atoms with van der Waals surface area (Å²) in [5.41, 5.74) is 4.60. The summed E-state index contributed by atoms with van der Waals surface area (Å²) in [6.07, 6.45) is 2.01. The van der Waals surface area contributed by atoms with E-state index >= 15 is 0 Å². The number of nitrogens with zero attached hydrogens (tertiary/aromatic N) is 1. The molecular formula is C25H27NO5. The van der Waals surface area contributed by atoms with Gasteiger partial charge < -0.3 is 14.6 Å². The van der Waals surface area contributed by atoms with Gasteiger partial charge >= 0.3 is 12.1 Å². The molecule has 162 valence electrons. The number of ether oxygens (including phenoxy) is 2. The van der Waals surface area contributed by atoms with Gasteiger partial charge in [0.1, 0.15) is 6.61 Å². The van der Waals surface area contributed by atoms with Crippen LogP contribution in [0, 0.1) is 0 Å². The van der Waals surface area contributed by atoms with E-state index in [9.17, 15) is 14.7 Å². The highest BCUT2D eigenvalue weighted by atomic mass is 16.6. The van der Waals surface area contributed by atoms with Gasteiger partial charge in [0, 0.05) is 12.0 Å². The minimum absolute atomic E-state index is 0.00964. The van der Waals surface area contributed by atoms with E-state index in [0.29, 0.717) is 6.42 Å². The number of fused-ring (bicyclic) bond motifs is 3. The van der Waals surface area contributed by atoms with E-state index in [1.807, 2.05) is 31.2 Å². The van der Waals surface area contributed by atoms with Crippen molar-refractivity contribution in [1.29, 1.82) is 0 Å². The fraction of sp³-hybridized carbons (Fsp3) is 0.440. The van der Waals surface area contributed by atoms with Crippen LogP contribution in [-0.2, 0) is 14.3 Å². The Morgan fingerprint density at radius 1 is 1.03 bits per heavy atom. The average molecular weight is 421 g/mol. The van der Waals surface area contributed by atoms with E-state index in [1.165, 1.54) is 4.90 Å². The third kappa shape index (κ3) is 3.69. The molecule has 0 radical (unpaired) electrons. The summed E-state index contributed by atoms with van der Waals surface area (Å²) in [7, 11) is 0. The lowest BCUT2D eigenvalue weighted by atomic mass is 9.98. The van der Waals surface area contributed by atoms with Crippen molar-refractivity contribution in [2.24, 2.45) is 0 Å². The zero-order valence-electron chi connectivity index (χ0n) is 17.6. The van der Waals surface area contributed by atoms with Gasteiger partial charge in [0.2, 0.25) is 0 Å². The topological polar surface area (TPSA) is 76.1 Å². The molecule has 0 aromatic heterocycles. The van der Waals surface area contributed by atoms with Crippen molar-refractivity contribution in [3.8, 4) is 11.1 Å². The molecule has 2 fully saturated rings. The number of amides is 1. The fourth-order valence-corrected chi connectivity index (χ4v) is 5.03. The molecule has 6 nitrogen and oxygen atoms in total. The lowest BCUT2D eigenvalue weighted by Gasteiger charge is -2.32. The molecule has 3 unspecified atom stereocenters. The second kappa shape index (κ2) is 8.00. The van der Waals surface area contributed by atoms with Crippen LogP contribution in [0.2, 0.25) is 0 Å². The molecule has 1 N–H and O–H groups in total. The largest absolute Gasteiger partial charge is 0.480 e. The molecule has 31 heavy (non-hydrogen) atoms. The third-order valence-corrected chi connectivity index (χ3v) is 6.66. The molecule has 3 atom stereocenters. The maximum atomic E-state index is 13.2. The van der Waals surface area contributed by atoms with Crippen LogP contribution in [0.4, 0.5) is 4.79 Å². The molecule has 1 heterocycles. The SMILES string of the molecule is CC1CCC(C(C(=O)O)N(C(=O)OCC2c3ccccc3-c3ccccc32)C2CC2)O1. The van der Waals surface area contributed by atoms with Crippen LogP contribution in [0.5, 0.6) is 0 Å². The number of hydrogen-bond acceptors (Lipinski definition) is 4. The highest BCUT2D eigenvalue weighted by Gasteiger charge is 2.47. The van der Waals surface area contributed by atoms with Gasteiger partial charge in [-0.3, -0.25) is 4.90 Å². The molecule has 5 rings (SSSR count). The molecule has 0 bridgehead atoms. The molecule has 1 aliphatic heterocycles. The summed E-state index contributed by atoms with van der Waals surface area (Å²) in [5.74, 6) is -1.08. The number of carbonyl (C=O) groups excluding carboxylic acids is 1. The Bertz CT molecular complexity index is 955. The van der Waals surface area contributed by atoms with Crippen molar-refractivity contribution >= 4 is 12.1 Å². The van der Waals surface area contributed by atoms with Crippen molar-refractivity contribution in [1.82, 2.24) is 4.90 Å². The normalized spacial score (nSPS) is 23.1. The summed E-state index contributed by atoms with van der Waals surface area (Å²) in [6, 6.07) is 15.2. The van der Waals surface area contributed by atoms with Gasteiger partial charge in [-0.05, 0) is 54.9 Å². The van der Waals surface area contributed by atoms with Crippen LogP contribution < -0.4 is 0 Å². The zero-order valence-corrected chi connectivity index (χ0v) is 17.6. The van der Waals surface area contributed by atoms with Gasteiger partial charge in [0.15, 0.2) is 6.04 Å². The summed E-state index contributed by atoms with van der Waals surface area (Å²) in [6.45, 7) is 2.12. The van der Waals surface area contributed by atoms with Crippen LogP contribution in [-0.4, -0.2) is 53.0 Å². The molecule has 6 heteroatoms. The van der Waals surface area contributed by atoms with Crippen LogP contribution in [0.25, 0.3) is 11.1 Å². The Hall–Kier alpha value is -2.86. The zero-order chi connectivity index (χ0) is 21.5. The number of hydrogen-bond donors (Lipinski definition) is 1. The first-order chi connectivity index (χ1) is 15.0. The number of carboxylic acids is 1. The maximum absolute atomic E-state index is 13.2. The molecular weight excluding hydrogens is 394 g/mol. The summed E-state index contributed by atoms with van der Waals surface area (Å²) >= 11 is 0. The van der Waals surface area contributed by atoms with Gasteiger partial charge in [-0.1, -0.05) is 48.5 Å². The van der Waals surface area contributed by atoms with Crippen LogP contribution in [0.15, 0.2) is 48.5 Å². The highest BCUT2D eigenvalue weighted by Crippen LogP contribution is 2.44. The molecule has 1 saturated heterocycles. The first-order valence-corrected chi connectivity index (χ1v) is 11.1. The van der Waals surface area contributed by atoms with E-state index in [-0.39, 0.29) is 24.7 Å². The van der Waals surface area contributed by atoms with E-state index in [0.717, 1.165) is 41.5 Å². The second-order valence-corrected chi connectivity index (χ2v) is 8.79. The predicted molar refractivity (Wildman–Crippen MR) is 115 cm³/mol. The van der Waals surface area contributed by atoms with Gasteiger partial charge in [-0.15, -0.1) is 0 Å².